The number of H-pyrrole nitrogens is 1. The fourth-order valence-corrected chi connectivity index (χ4v) is 3.77. The van der Waals surface area contributed by atoms with Crippen LogP contribution < -0.4 is 21.7 Å². The van der Waals surface area contributed by atoms with Gasteiger partial charge >= 0.3 is 5.97 Å². The summed E-state index contributed by atoms with van der Waals surface area (Å²) in [6, 6.07) is 1.61. The number of aromatic amines is 1. The Morgan fingerprint density at radius 3 is 2.05 bits per heavy atom. The van der Waals surface area contributed by atoms with Gasteiger partial charge in [0.15, 0.2) is 0 Å². The number of nitrogens with zero attached hydrogens (tertiary/aromatic N) is 1. The number of carbonyl (C=O) groups is 4. The summed E-state index contributed by atoms with van der Waals surface area (Å²) in [6.07, 6.45) is 3.39. The van der Waals surface area contributed by atoms with Crippen molar-refractivity contribution in [2.24, 2.45) is 11.7 Å². The Balaban J connectivity index is 2.26. The predicted molar refractivity (Wildman–Crippen MR) is 139 cm³/mol. The van der Waals surface area contributed by atoms with Crippen LogP contribution in [0.4, 0.5) is 0 Å². The average Bonchev–Trinajstić information content (AvgIpc) is 3.35. The van der Waals surface area contributed by atoms with Crippen LogP contribution in [0.5, 0.6) is 5.75 Å². The first-order valence-corrected chi connectivity index (χ1v) is 12.4. The molecule has 202 valence electrons. The summed E-state index contributed by atoms with van der Waals surface area (Å²) in [5.74, 6) is -3.19. The van der Waals surface area contributed by atoms with E-state index < -0.39 is 47.9 Å². The van der Waals surface area contributed by atoms with Crippen molar-refractivity contribution < 1.29 is 29.4 Å². The molecule has 12 nitrogen and oxygen atoms in total. The number of aliphatic carboxylic acids is 1. The van der Waals surface area contributed by atoms with Crippen molar-refractivity contribution in [3.63, 3.8) is 0 Å². The van der Waals surface area contributed by atoms with E-state index >= 15 is 0 Å². The molecule has 4 atom stereocenters. The number of rotatable bonds is 14. The molecule has 0 aliphatic carbocycles. The van der Waals surface area contributed by atoms with Gasteiger partial charge in [-0.3, -0.25) is 14.4 Å². The number of carboxylic acids is 1. The normalized spacial score (nSPS) is 14.3. The largest absolute Gasteiger partial charge is 0.508 e. The van der Waals surface area contributed by atoms with Gasteiger partial charge in [-0.1, -0.05) is 26.0 Å². The van der Waals surface area contributed by atoms with E-state index in [1.165, 1.54) is 24.7 Å². The van der Waals surface area contributed by atoms with Crippen LogP contribution in [0.3, 0.4) is 0 Å². The number of thiol groups is 1. The number of carboxylic acid groups (broad SMARTS) is 1. The predicted octanol–water partition coefficient (Wildman–Crippen LogP) is -0.257. The highest BCUT2D eigenvalue weighted by Crippen LogP contribution is 2.12. The molecule has 0 spiro atoms. The molecule has 0 radical (unpaired) electrons. The van der Waals surface area contributed by atoms with Gasteiger partial charge in [0, 0.05) is 30.5 Å². The lowest BCUT2D eigenvalue weighted by molar-refractivity contribution is -0.141. The highest BCUT2D eigenvalue weighted by molar-refractivity contribution is 7.80. The lowest BCUT2D eigenvalue weighted by Gasteiger charge is -2.25. The van der Waals surface area contributed by atoms with E-state index in [0.29, 0.717) is 17.7 Å². The van der Waals surface area contributed by atoms with Crippen molar-refractivity contribution >= 4 is 36.3 Å². The van der Waals surface area contributed by atoms with Crippen molar-refractivity contribution in [3.05, 3.63) is 48.0 Å². The molecule has 0 fully saturated rings. The first kappa shape index (κ1) is 29.6. The fourth-order valence-electron chi connectivity index (χ4n) is 3.53. The van der Waals surface area contributed by atoms with E-state index in [1.807, 2.05) is 13.8 Å². The Morgan fingerprint density at radius 1 is 0.973 bits per heavy atom. The van der Waals surface area contributed by atoms with Gasteiger partial charge in [-0.15, -0.1) is 0 Å². The number of hydrogen-bond donors (Lipinski definition) is 8. The summed E-state index contributed by atoms with van der Waals surface area (Å²) in [6.45, 7) is 3.84. The number of phenols is 1. The molecule has 0 saturated heterocycles. The van der Waals surface area contributed by atoms with E-state index in [2.05, 4.69) is 38.5 Å². The molecule has 0 bridgehead atoms. The molecule has 8 N–H and O–H groups in total. The Labute approximate surface area is 220 Å². The molecule has 2 rings (SSSR count). The van der Waals surface area contributed by atoms with Gasteiger partial charge in [0.2, 0.25) is 17.7 Å². The Hall–Kier alpha value is -3.58. The number of imidazole rings is 1. The lowest BCUT2D eigenvalue weighted by atomic mass is 10.0. The van der Waals surface area contributed by atoms with Gasteiger partial charge in [0.25, 0.3) is 0 Å². The number of nitrogens with two attached hydrogens (primary N) is 1. The number of benzene rings is 1. The van der Waals surface area contributed by atoms with Crippen molar-refractivity contribution in [1.29, 1.82) is 0 Å². The number of carbonyl (C=O) groups excluding carboxylic acids is 3. The molecule has 0 aliphatic heterocycles. The maximum absolute atomic E-state index is 13.3. The summed E-state index contributed by atoms with van der Waals surface area (Å²) in [4.78, 5) is 57.3. The van der Waals surface area contributed by atoms with Crippen molar-refractivity contribution in [1.82, 2.24) is 25.9 Å². The van der Waals surface area contributed by atoms with Crippen molar-refractivity contribution in [2.75, 3.05) is 5.75 Å². The third-order valence-corrected chi connectivity index (χ3v) is 5.85. The number of aromatic nitrogens is 2. The summed E-state index contributed by atoms with van der Waals surface area (Å²) in [5.41, 5.74) is 7.16. The zero-order chi connectivity index (χ0) is 27.5. The highest BCUT2D eigenvalue weighted by Gasteiger charge is 2.30. The monoisotopic (exact) mass is 534 g/mol. The quantitative estimate of drug-likeness (QED) is 0.152. The molecule has 1 aromatic heterocycles. The van der Waals surface area contributed by atoms with E-state index in [4.69, 9.17) is 5.73 Å². The van der Waals surface area contributed by atoms with E-state index in [0.717, 1.165) is 0 Å². The molecule has 0 aliphatic rings. The van der Waals surface area contributed by atoms with Crippen molar-refractivity contribution in [3.8, 4) is 5.75 Å². The molecule has 4 unspecified atom stereocenters. The second-order valence-corrected chi connectivity index (χ2v) is 9.46. The maximum Gasteiger partial charge on any atom is 0.327 e. The minimum absolute atomic E-state index is 0.00560. The standard InChI is InChI=1S/C24H34N6O6S/c1-13(2)7-17(25)21(32)28-19(9-15-10-26-12-27-15)23(34)29-18(8-14-3-5-16(31)6-4-14)22(33)30-20(11-37)24(35)36/h3-6,10,12-13,17-20,31,37H,7-9,11,25H2,1-2H3,(H,26,27)(H,28,32)(H,29,34)(H,30,33)(H,35,36). The van der Waals surface area contributed by atoms with Gasteiger partial charge in [0.05, 0.1) is 12.4 Å². The smallest absolute Gasteiger partial charge is 0.327 e. The Bertz CT molecular complexity index is 1050. The molecule has 3 amide bonds. The van der Waals surface area contributed by atoms with Crippen LogP contribution >= 0.6 is 12.6 Å². The van der Waals surface area contributed by atoms with E-state index in [1.54, 1.807) is 12.1 Å². The number of phenolic OH excluding ortho intramolecular Hbond substituents is 1. The minimum atomic E-state index is -1.28. The number of aromatic hydroxyl groups is 1. The number of amides is 3. The molecule has 2 aromatic rings. The molecule has 13 heteroatoms. The number of nitrogens with one attached hydrogen (secondary N) is 4. The Morgan fingerprint density at radius 2 is 1.54 bits per heavy atom. The topological polar surface area (TPSA) is 200 Å². The van der Waals surface area contributed by atoms with Crippen LogP contribution in [-0.4, -0.2) is 73.8 Å². The summed E-state index contributed by atoms with van der Waals surface area (Å²) < 4.78 is 0. The summed E-state index contributed by atoms with van der Waals surface area (Å²) in [5, 5.41) is 26.5. The van der Waals surface area contributed by atoms with Gasteiger partial charge in [-0.25, -0.2) is 9.78 Å². The van der Waals surface area contributed by atoms with Crippen LogP contribution in [-0.2, 0) is 32.0 Å². The van der Waals surface area contributed by atoms with Gasteiger partial charge in [-0.2, -0.15) is 12.6 Å². The van der Waals surface area contributed by atoms with Crippen LogP contribution in [0.25, 0.3) is 0 Å². The van der Waals surface area contributed by atoms with Gasteiger partial charge < -0.3 is 36.9 Å². The summed E-state index contributed by atoms with van der Waals surface area (Å²) in [7, 11) is 0. The van der Waals surface area contributed by atoms with Crippen molar-refractivity contribution in [2.45, 2.75) is 57.3 Å². The average molecular weight is 535 g/mol. The molecule has 37 heavy (non-hydrogen) atoms. The molecule has 1 aromatic carbocycles. The summed E-state index contributed by atoms with van der Waals surface area (Å²) >= 11 is 3.96. The fraction of sp³-hybridized carbons (Fsp3) is 0.458. The maximum atomic E-state index is 13.3. The minimum Gasteiger partial charge on any atom is -0.508 e. The van der Waals surface area contributed by atoms with Crippen LogP contribution in [0, 0.1) is 5.92 Å². The zero-order valence-corrected chi connectivity index (χ0v) is 21.6. The molecular formula is C24H34N6O6S. The number of hydrogen-bond acceptors (Lipinski definition) is 8. The van der Waals surface area contributed by atoms with Gasteiger partial charge in [-0.05, 0) is 30.0 Å². The first-order chi connectivity index (χ1) is 17.5. The van der Waals surface area contributed by atoms with E-state index in [-0.39, 0.29) is 30.3 Å². The van der Waals surface area contributed by atoms with Crippen LogP contribution in [0.15, 0.2) is 36.8 Å². The van der Waals surface area contributed by atoms with E-state index in [9.17, 15) is 29.4 Å². The van der Waals surface area contributed by atoms with Gasteiger partial charge in [0.1, 0.15) is 23.9 Å². The second-order valence-electron chi connectivity index (χ2n) is 9.09. The third-order valence-electron chi connectivity index (χ3n) is 5.48. The first-order valence-electron chi connectivity index (χ1n) is 11.8. The lowest BCUT2D eigenvalue weighted by Crippen LogP contribution is -2.58. The molecular weight excluding hydrogens is 500 g/mol. The molecule has 0 saturated carbocycles. The third kappa shape index (κ3) is 9.77. The highest BCUT2D eigenvalue weighted by atomic mass is 32.1. The van der Waals surface area contributed by atoms with Crippen LogP contribution in [0.1, 0.15) is 31.5 Å². The second kappa shape index (κ2) is 14.2. The molecule has 1 heterocycles. The SMILES string of the molecule is CC(C)CC(N)C(=O)NC(Cc1cnc[nH]1)C(=O)NC(Cc1ccc(O)cc1)C(=O)NC(CS)C(=O)O. The Kier molecular flexibility index (Phi) is 11.4. The zero-order valence-electron chi connectivity index (χ0n) is 20.7. The van der Waals surface area contributed by atoms with Crippen LogP contribution in [0.2, 0.25) is 0 Å².